The maximum atomic E-state index is 13.2. The molecule has 0 aromatic heterocycles. The lowest BCUT2D eigenvalue weighted by Gasteiger charge is -2.11. The highest BCUT2D eigenvalue weighted by atomic mass is 32.2. The summed E-state index contributed by atoms with van der Waals surface area (Å²) in [6.45, 7) is 0.368. The van der Waals surface area contributed by atoms with E-state index >= 15 is 0 Å². The molecule has 1 aliphatic rings. The molecule has 0 bridgehead atoms. The van der Waals surface area contributed by atoms with Crippen LogP contribution < -0.4 is 14.8 Å². The molecule has 1 fully saturated rings. The Balaban J connectivity index is 1.68. The molecule has 7 heteroatoms. The van der Waals surface area contributed by atoms with Gasteiger partial charge in [0.05, 0.1) is 18.6 Å². The lowest BCUT2D eigenvalue weighted by Crippen LogP contribution is -2.17. The van der Waals surface area contributed by atoms with Crippen LogP contribution in [-0.2, 0) is 11.2 Å². The number of carbonyl (C=O) groups is 2. The molecule has 2 aromatic rings. The highest BCUT2D eigenvalue weighted by Gasteiger charge is 2.25. The molecule has 0 atom stereocenters. The fraction of sp³-hybridized carbons (Fsp3) is 0.158. The summed E-state index contributed by atoms with van der Waals surface area (Å²) in [7, 11) is 1.52. The van der Waals surface area contributed by atoms with E-state index in [1.165, 1.54) is 19.2 Å². The summed E-state index contributed by atoms with van der Waals surface area (Å²) in [5, 5.41) is 1.82. The van der Waals surface area contributed by atoms with Crippen molar-refractivity contribution in [3.8, 4) is 11.5 Å². The Morgan fingerprint density at radius 1 is 1.15 bits per heavy atom. The summed E-state index contributed by atoms with van der Waals surface area (Å²) in [6, 6.07) is 11.6. The van der Waals surface area contributed by atoms with Crippen LogP contribution in [0.1, 0.15) is 11.1 Å². The highest BCUT2D eigenvalue weighted by Crippen LogP contribution is 2.31. The van der Waals surface area contributed by atoms with Crippen molar-refractivity contribution in [2.75, 3.05) is 13.7 Å². The Morgan fingerprint density at radius 3 is 2.69 bits per heavy atom. The second kappa shape index (κ2) is 8.05. The first-order valence-corrected chi connectivity index (χ1v) is 8.67. The van der Waals surface area contributed by atoms with Gasteiger partial charge in [-0.25, -0.2) is 4.39 Å². The van der Waals surface area contributed by atoms with Crippen molar-refractivity contribution in [3.63, 3.8) is 0 Å². The van der Waals surface area contributed by atoms with Crippen LogP contribution in [0.5, 0.6) is 11.5 Å². The van der Waals surface area contributed by atoms with Crippen molar-refractivity contribution in [1.82, 2.24) is 5.32 Å². The van der Waals surface area contributed by atoms with E-state index in [9.17, 15) is 14.0 Å². The quantitative estimate of drug-likeness (QED) is 0.781. The molecule has 26 heavy (non-hydrogen) atoms. The first-order valence-electron chi connectivity index (χ1n) is 7.85. The molecular formula is C19H16FNO4S. The van der Waals surface area contributed by atoms with Gasteiger partial charge in [0, 0.05) is 6.42 Å². The molecule has 1 saturated heterocycles. The minimum atomic E-state index is -0.408. The van der Waals surface area contributed by atoms with Crippen LogP contribution in [-0.4, -0.2) is 24.9 Å². The van der Waals surface area contributed by atoms with Gasteiger partial charge in [-0.05, 0) is 53.2 Å². The zero-order valence-electron chi connectivity index (χ0n) is 14.0. The van der Waals surface area contributed by atoms with E-state index < -0.39 is 5.91 Å². The number of ether oxygens (including phenoxy) is 2. The summed E-state index contributed by atoms with van der Waals surface area (Å²) < 4.78 is 24.2. The maximum Gasteiger partial charge on any atom is 0.290 e. The van der Waals surface area contributed by atoms with Crippen molar-refractivity contribution in [3.05, 3.63) is 64.3 Å². The number of methoxy groups -OCH3 is 1. The zero-order chi connectivity index (χ0) is 18.5. The number of halogens is 1. The van der Waals surface area contributed by atoms with Crippen molar-refractivity contribution in [2.45, 2.75) is 6.42 Å². The monoisotopic (exact) mass is 373 g/mol. The van der Waals surface area contributed by atoms with E-state index in [2.05, 4.69) is 5.32 Å². The highest BCUT2D eigenvalue weighted by molar-refractivity contribution is 8.18. The van der Waals surface area contributed by atoms with Gasteiger partial charge in [-0.1, -0.05) is 18.2 Å². The predicted molar refractivity (Wildman–Crippen MR) is 97.7 cm³/mol. The second-order valence-corrected chi connectivity index (χ2v) is 6.51. The Kier molecular flexibility index (Phi) is 5.58. The average Bonchev–Trinajstić information content (AvgIpc) is 2.93. The topological polar surface area (TPSA) is 64.6 Å². The molecule has 2 amide bonds. The van der Waals surface area contributed by atoms with E-state index in [-0.39, 0.29) is 11.1 Å². The number of thioether (sulfide) groups is 1. The van der Waals surface area contributed by atoms with Gasteiger partial charge < -0.3 is 9.47 Å². The average molecular weight is 373 g/mol. The third-order valence-electron chi connectivity index (χ3n) is 3.66. The molecule has 1 heterocycles. The summed E-state index contributed by atoms with van der Waals surface area (Å²) in [6.07, 6.45) is 2.18. The molecule has 2 aromatic carbocycles. The second-order valence-electron chi connectivity index (χ2n) is 5.49. The van der Waals surface area contributed by atoms with Gasteiger partial charge in [0.1, 0.15) is 5.82 Å². The van der Waals surface area contributed by atoms with Gasteiger partial charge in [-0.15, -0.1) is 0 Å². The Labute approximate surface area is 154 Å². The molecule has 1 aliphatic heterocycles. The van der Waals surface area contributed by atoms with E-state index in [4.69, 9.17) is 9.47 Å². The fourth-order valence-corrected chi connectivity index (χ4v) is 3.12. The molecule has 0 aliphatic carbocycles. The third kappa shape index (κ3) is 4.43. The lowest BCUT2D eigenvalue weighted by atomic mass is 10.1. The Hall–Kier alpha value is -2.80. The number of hydrogen-bond donors (Lipinski definition) is 1. The van der Waals surface area contributed by atoms with Crippen LogP contribution in [0.25, 0.3) is 6.08 Å². The first kappa shape index (κ1) is 18.0. The molecule has 3 rings (SSSR count). The van der Waals surface area contributed by atoms with Gasteiger partial charge in [-0.3, -0.25) is 14.9 Å². The molecule has 0 unspecified atom stereocenters. The maximum absolute atomic E-state index is 13.2. The van der Waals surface area contributed by atoms with E-state index in [0.717, 1.165) is 17.3 Å². The van der Waals surface area contributed by atoms with Crippen molar-refractivity contribution >= 4 is 29.0 Å². The number of imide groups is 1. The summed E-state index contributed by atoms with van der Waals surface area (Å²) >= 11 is 0.858. The van der Waals surface area contributed by atoms with Crippen LogP contribution in [0.2, 0.25) is 0 Å². The zero-order valence-corrected chi connectivity index (χ0v) is 14.8. The molecule has 134 valence electrons. The molecule has 0 spiro atoms. The van der Waals surface area contributed by atoms with Crippen molar-refractivity contribution < 1.29 is 23.5 Å². The van der Waals surface area contributed by atoms with E-state index in [0.29, 0.717) is 35.0 Å². The smallest absolute Gasteiger partial charge is 0.290 e. The number of benzene rings is 2. The van der Waals surface area contributed by atoms with Crippen molar-refractivity contribution in [2.24, 2.45) is 0 Å². The van der Waals surface area contributed by atoms with Crippen LogP contribution in [0.4, 0.5) is 9.18 Å². The fourth-order valence-electron chi connectivity index (χ4n) is 2.44. The van der Waals surface area contributed by atoms with Gasteiger partial charge >= 0.3 is 0 Å². The third-order valence-corrected chi connectivity index (χ3v) is 4.48. The minimum Gasteiger partial charge on any atom is -0.493 e. The first-order chi connectivity index (χ1) is 12.5. The number of nitrogens with one attached hydrogen (secondary N) is 1. The summed E-state index contributed by atoms with van der Waals surface area (Å²) in [4.78, 5) is 23.1. The molecule has 0 saturated carbocycles. The predicted octanol–water partition coefficient (Wildman–Crippen LogP) is 3.78. The molecule has 1 N–H and O–H groups in total. The minimum absolute atomic E-state index is 0.273. The van der Waals surface area contributed by atoms with Gasteiger partial charge in [0.2, 0.25) is 0 Å². The van der Waals surface area contributed by atoms with Crippen molar-refractivity contribution in [1.29, 1.82) is 0 Å². The molecule has 5 nitrogen and oxygen atoms in total. The van der Waals surface area contributed by atoms with Crippen LogP contribution in [0, 0.1) is 5.82 Å². The van der Waals surface area contributed by atoms with Crippen LogP contribution in [0.3, 0.4) is 0 Å². The number of hydrogen-bond acceptors (Lipinski definition) is 5. The number of amides is 2. The standard InChI is InChI=1S/C19H16FNO4S/c1-24-16-10-13(11-17-18(22)21-19(23)26-17)5-6-15(16)25-8-7-12-3-2-4-14(20)9-12/h2-6,9-11H,7-8H2,1H3,(H,21,22,23)/b17-11-. The SMILES string of the molecule is COc1cc(/C=C2\SC(=O)NC2=O)ccc1OCCc1cccc(F)c1. The number of rotatable bonds is 6. The van der Waals surface area contributed by atoms with Crippen LogP contribution in [0.15, 0.2) is 47.4 Å². The van der Waals surface area contributed by atoms with E-state index in [1.54, 1.807) is 30.3 Å². The summed E-state index contributed by atoms with van der Waals surface area (Å²) in [5.41, 5.74) is 1.56. The van der Waals surface area contributed by atoms with Gasteiger partial charge in [0.15, 0.2) is 11.5 Å². The molecule has 0 radical (unpaired) electrons. The normalized spacial score (nSPS) is 15.2. The van der Waals surface area contributed by atoms with Gasteiger partial charge in [-0.2, -0.15) is 0 Å². The van der Waals surface area contributed by atoms with Gasteiger partial charge in [0.25, 0.3) is 11.1 Å². The Bertz CT molecular complexity index is 882. The molecular weight excluding hydrogens is 357 g/mol. The summed E-state index contributed by atoms with van der Waals surface area (Å²) in [5.74, 6) is 0.373. The largest absolute Gasteiger partial charge is 0.493 e. The van der Waals surface area contributed by atoms with Crippen LogP contribution >= 0.6 is 11.8 Å². The Morgan fingerprint density at radius 2 is 2.00 bits per heavy atom. The number of carbonyl (C=O) groups excluding carboxylic acids is 2. The van der Waals surface area contributed by atoms with E-state index in [1.807, 2.05) is 6.07 Å². The lowest BCUT2D eigenvalue weighted by molar-refractivity contribution is -0.115.